The van der Waals surface area contributed by atoms with E-state index in [0.717, 1.165) is 65.5 Å². The lowest BCUT2D eigenvalue weighted by Crippen LogP contribution is -2.60. The summed E-state index contributed by atoms with van der Waals surface area (Å²) in [6.45, 7) is 5.05. The van der Waals surface area contributed by atoms with Crippen molar-refractivity contribution in [3.63, 3.8) is 0 Å². The minimum absolute atomic E-state index is 0.925. The molecule has 0 bridgehead atoms. The van der Waals surface area contributed by atoms with Crippen LogP contribution in [0.15, 0.2) is 0 Å². The van der Waals surface area contributed by atoms with Gasteiger partial charge in [-0.05, 0) is 137 Å². The normalized spacial score (nSPS) is 50.8. The highest BCUT2D eigenvalue weighted by molar-refractivity contribution is 5.05. The smallest absolute Gasteiger partial charge is 0.0135 e. The van der Waals surface area contributed by atoms with Crippen LogP contribution in [0.5, 0.6) is 0 Å². The molecule has 0 aromatic heterocycles. The lowest BCUT2D eigenvalue weighted by molar-refractivity contribution is -0.110. The van der Waals surface area contributed by atoms with E-state index < -0.39 is 0 Å². The molecule has 6 aliphatic carbocycles. The molecule has 7 unspecified atom stereocenters. The molecule has 6 saturated carbocycles. The molecule has 7 atom stereocenters. The lowest BCUT2D eigenvalue weighted by Gasteiger charge is -2.60. The number of hydrogen-bond donors (Lipinski definition) is 0. The summed E-state index contributed by atoms with van der Waals surface area (Å²) in [6, 6.07) is 2.80. The minimum atomic E-state index is 0.925. The first-order chi connectivity index (χ1) is 16.2. The van der Waals surface area contributed by atoms with Crippen LogP contribution in [-0.4, -0.2) is 23.0 Å². The predicted octanol–water partition coefficient (Wildman–Crippen LogP) is 8.86. The summed E-state index contributed by atoms with van der Waals surface area (Å²) in [5.41, 5.74) is 0. The molecule has 0 aromatic carbocycles. The van der Waals surface area contributed by atoms with Gasteiger partial charge in [0.05, 0.1) is 0 Å². The van der Waals surface area contributed by atoms with Gasteiger partial charge in [-0.15, -0.1) is 0 Å². The van der Waals surface area contributed by atoms with Crippen molar-refractivity contribution in [2.75, 3.05) is 0 Å². The Morgan fingerprint density at radius 1 is 0.424 bits per heavy atom. The van der Waals surface area contributed by atoms with Crippen LogP contribution in [0.25, 0.3) is 0 Å². The fraction of sp³-hybridized carbons (Fsp3) is 1.00. The van der Waals surface area contributed by atoms with Crippen LogP contribution in [0.2, 0.25) is 0 Å². The SMILES string of the molecule is CC1CCC(N(C2CCC(C)CC2)C2CC3C4CCCCC4CCC3C3CCCCC32)CC1. The molecule has 0 N–H and O–H groups in total. The molecule has 6 rings (SSSR count). The van der Waals surface area contributed by atoms with Crippen molar-refractivity contribution in [2.24, 2.45) is 47.3 Å². The molecular weight excluding hydrogens is 398 g/mol. The Kier molecular flexibility index (Phi) is 7.18. The summed E-state index contributed by atoms with van der Waals surface area (Å²) in [5, 5.41) is 0. The molecule has 188 valence electrons. The van der Waals surface area contributed by atoms with Crippen LogP contribution in [0.1, 0.15) is 136 Å². The average molecular weight is 454 g/mol. The van der Waals surface area contributed by atoms with Crippen LogP contribution in [0.4, 0.5) is 0 Å². The van der Waals surface area contributed by atoms with Crippen LogP contribution >= 0.6 is 0 Å². The van der Waals surface area contributed by atoms with Crippen molar-refractivity contribution < 1.29 is 0 Å². The minimum Gasteiger partial charge on any atom is -0.294 e. The van der Waals surface area contributed by atoms with E-state index in [1.165, 1.54) is 51.4 Å². The lowest BCUT2D eigenvalue weighted by atomic mass is 9.50. The van der Waals surface area contributed by atoms with Gasteiger partial charge in [0.2, 0.25) is 0 Å². The van der Waals surface area contributed by atoms with Crippen molar-refractivity contribution in [3.05, 3.63) is 0 Å². The predicted molar refractivity (Wildman–Crippen MR) is 140 cm³/mol. The standard InChI is InChI=1S/C32H55N/c1-22-11-16-25(17-12-22)33(26-18-13-23(2)14-19-26)32-21-31-27-8-4-3-7-24(27)15-20-29(31)28-9-5-6-10-30(28)32/h22-32H,3-21H2,1-2H3. The fourth-order valence-electron chi connectivity index (χ4n) is 10.9. The Morgan fingerprint density at radius 2 is 0.939 bits per heavy atom. The zero-order chi connectivity index (χ0) is 22.4. The van der Waals surface area contributed by atoms with Gasteiger partial charge in [0, 0.05) is 18.1 Å². The zero-order valence-corrected chi connectivity index (χ0v) is 22.2. The summed E-state index contributed by atoms with van der Waals surface area (Å²) < 4.78 is 0. The molecule has 0 spiro atoms. The first kappa shape index (κ1) is 23.4. The fourth-order valence-corrected chi connectivity index (χ4v) is 10.9. The molecule has 1 nitrogen and oxygen atoms in total. The van der Waals surface area contributed by atoms with Crippen LogP contribution in [0, 0.1) is 47.3 Å². The van der Waals surface area contributed by atoms with E-state index in [0.29, 0.717) is 0 Å². The van der Waals surface area contributed by atoms with Crippen molar-refractivity contribution >= 4 is 0 Å². The van der Waals surface area contributed by atoms with Gasteiger partial charge in [-0.1, -0.05) is 46.0 Å². The molecule has 33 heavy (non-hydrogen) atoms. The summed E-state index contributed by atoms with van der Waals surface area (Å²) in [5.74, 6) is 8.55. The topological polar surface area (TPSA) is 3.24 Å². The maximum Gasteiger partial charge on any atom is 0.0135 e. The maximum absolute atomic E-state index is 3.34. The van der Waals surface area contributed by atoms with Gasteiger partial charge in [0.1, 0.15) is 0 Å². The van der Waals surface area contributed by atoms with Crippen LogP contribution in [-0.2, 0) is 0 Å². The van der Waals surface area contributed by atoms with E-state index in [9.17, 15) is 0 Å². The first-order valence-corrected chi connectivity index (χ1v) is 16.0. The van der Waals surface area contributed by atoms with Gasteiger partial charge in [-0.2, -0.15) is 0 Å². The Hall–Kier alpha value is -0.0400. The maximum atomic E-state index is 3.34. The molecule has 0 aromatic rings. The first-order valence-electron chi connectivity index (χ1n) is 16.0. The van der Waals surface area contributed by atoms with E-state index in [2.05, 4.69) is 18.7 Å². The Labute approximate surface area is 206 Å². The number of nitrogens with zero attached hydrogens (tertiary/aromatic N) is 1. The molecule has 0 saturated heterocycles. The monoisotopic (exact) mass is 453 g/mol. The quantitative estimate of drug-likeness (QED) is 0.412. The Balaban J connectivity index is 1.31. The molecule has 6 aliphatic rings. The third kappa shape index (κ3) is 4.60. The van der Waals surface area contributed by atoms with E-state index in [4.69, 9.17) is 0 Å². The van der Waals surface area contributed by atoms with Gasteiger partial charge in [-0.25, -0.2) is 0 Å². The Morgan fingerprint density at radius 3 is 1.58 bits per heavy atom. The van der Waals surface area contributed by atoms with E-state index >= 15 is 0 Å². The molecule has 0 radical (unpaired) electrons. The van der Waals surface area contributed by atoms with Gasteiger partial charge in [0.25, 0.3) is 0 Å². The third-order valence-electron chi connectivity index (χ3n) is 12.6. The van der Waals surface area contributed by atoms with Crippen LogP contribution < -0.4 is 0 Å². The third-order valence-corrected chi connectivity index (χ3v) is 12.6. The van der Waals surface area contributed by atoms with Crippen molar-refractivity contribution in [1.29, 1.82) is 0 Å². The van der Waals surface area contributed by atoms with Gasteiger partial charge < -0.3 is 0 Å². The highest BCUT2D eigenvalue weighted by atomic mass is 15.2. The van der Waals surface area contributed by atoms with Gasteiger partial charge >= 0.3 is 0 Å². The molecule has 0 amide bonds. The van der Waals surface area contributed by atoms with E-state index in [-0.39, 0.29) is 0 Å². The molecule has 0 heterocycles. The number of fused-ring (bicyclic) bond motifs is 5. The molecular formula is C32H55N. The zero-order valence-electron chi connectivity index (χ0n) is 22.2. The number of hydrogen-bond acceptors (Lipinski definition) is 1. The van der Waals surface area contributed by atoms with E-state index in [1.807, 2.05) is 0 Å². The summed E-state index contributed by atoms with van der Waals surface area (Å²) >= 11 is 0. The second-order valence-electron chi connectivity index (χ2n) is 14.3. The summed E-state index contributed by atoms with van der Waals surface area (Å²) in [7, 11) is 0. The van der Waals surface area contributed by atoms with E-state index in [1.54, 1.807) is 70.6 Å². The summed E-state index contributed by atoms with van der Waals surface area (Å²) in [6.07, 6.45) is 29.4. The van der Waals surface area contributed by atoms with Crippen molar-refractivity contribution in [2.45, 2.75) is 154 Å². The van der Waals surface area contributed by atoms with Crippen LogP contribution in [0.3, 0.4) is 0 Å². The second-order valence-corrected chi connectivity index (χ2v) is 14.3. The van der Waals surface area contributed by atoms with Crippen molar-refractivity contribution in [1.82, 2.24) is 4.90 Å². The Bertz CT molecular complexity index is 604. The largest absolute Gasteiger partial charge is 0.294 e. The average Bonchev–Trinajstić information content (AvgIpc) is 2.86. The molecule has 6 fully saturated rings. The van der Waals surface area contributed by atoms with Gasteiger partial charge in [-0.3, -0.25) is 4.90 Å². The second kappa shape index (κ2) is 10.1. The molecule has 0 aliphatic heterocycles. The summed E-state index contributed by atoms with van der Waals surface area (Å²) in [4.78, 5) is 3.34. The highest BCUT2D eigenvalue weighted by Gasteiger charge is 2.53. The highest BCUT2D eigenvalue weighted by Crippen LogP contribution is 2.58. The van der Waals surface area contributed by atoms with Gasteiger partial charge in [0.15, 0.2) is 0 Å². The molecule has 1 heteroatoms. The number of rotatable bonds is 3. The van der Waals surface area contributed by atoms with Crippen molar-refractivity contribution in [3.8, 4) is 0 Å².